The maximum absolute atomic E-state index is 15.2. The summed E-state index contributed by atoms with van der Waals surface area (Å²) in [6.07, 6.45) is 5.77. The molecule has 2 saturated heterocycles. The molecule has 2 aliphatic rings. The van der Waals surface area contributed by atoms with Crippen LogP contribution in [0.5, 0.6) is 0 Å². The first-order valence-corrected chi connectivity index (χ1v) is 22.9. The van der Waals surface area contributed by atoms with E-state index in [1.54, 1.807) is 53.7 Å². The van der Waals surface area contributed by atoms with E-state index in [9.17, 15) is 19.2 Å². The molecule has 16 heteroatoms. The van der Waals surface area contributed by atoms with Crippen LogP contribution in [0, 0.1) is 11.6 Å². The Bertz CT molecular complexity index is 2130. The first-order chi connectivity index (χ1) is 31.4. The summed E-state index contributed by atoms with van der Waals surface area (Å²) in [4.78, 5) is 65.8. The van der Waals surface area contributed by atoms with Crippen molar-refractivity contribution in [3.8, 4) is 0 Å². The van der Waals surface area contributed by atoms with Gasteiger partial charge >= 0.3 is 12.2 Å². The molecule has 0 atom stereocenters. The maximum atomic E-state index is 15.2. The van der Waals surface area contributed by atoms with Gasteiger partial charge in [0.25, 0.3) is 0 Å². The molecule has 0 bridgehead atoms. The summed E-state index contributed by atoms with van der Waals surface area (Å²) in [5.74, 6) is -0.424. The number of aryl methyl sites for hydroxylation is 6. The predicted octanol–water partition coefficient (Wildman–Crippen LogP) is 7.15. The Morgan fingerprint density at radius 1 is 0.545 bits per heavy atom. The van der Waals surface area contributed by atoms with Gasteiger partial charge in [0.2, 0.25) is 11.8 Å². The third kappa shape index (κ3) is 14.6. The van der Waals surface area contributed by atoms with E-state index in [0.29, 0.717) is 88.7 Å². The third-order valence-corrected chi connectivity index (χ3v) is 12.4. The number of aromatic nitrogens is 2. The fourth-order valence-corrected chi connectivity index (χ4v) is 8.13. The van der Waals surface area contributed by atoms with Crippen LogP contribution in [0.1, 0.15) is 88.0 Å². The molecule has 66 heavy (non-hydrogen) atoms. The average molecular weight is 911 g/mol. The monoisotopic (exact) mass is 910 g/mol. The second kappa shape index (κ2) is 22.2. The first-order valence-electron chi connectivity index (χ1n) is 22.9. The molecule has 4 aromatic rings. The zero-order chi connectivity index (χ0) is 47.4. The van der Waals surface area contributed by atoms with Crippen molar-refractivity contribution < 1.29 is 37.4 Å². The molecule has 0 radical (unpaired) electrons. The Balaban J connectivity index is 0.857. The fourth-order valence-electron chi connectivity index (χ4n) is 8.13. The smallest absolute Gasteiger partial charge is 0.426 e. The van der Waals surface area contributed by atoms with Gasteiger partial charge in [-0.25, -0.2) is 29.2 Å². The topological polar surface area (TPSA) is 150 Å². The second-order valence-electron chi connectivity index (χ2n) is 18.4. The molecule has 2 aromatic carbocycles. The van der Waals surface area contributed by atoms with E-state index in [0.717, 1.165) is 60.1 Å². The number of hydrazine groups is 1. The highest BCUT2D eigenvalue weighted by Crippen LogP contribution is 2.24. The number of pyridine rings is 2. The summed E-state index contributed by atoms with van der Waals surface area (Å²) in [5, 5.41) is 0. The van der Waals surface area contributed by atoms with Gasteiger partial charge in [-0.15, -0.1) is 0 Å². The Kier molecular flexibility index (Phi) is 16.6. The molecule has 14 nitrogen and oxygen atoms in total. The number of carbonyl (C=O) groups excluding carboxylic acids is 4. The highest BCUT2D eigenvalue weighted by atomic mass is 19.1. The van der Waals surface area contributed by atoms with Gasteiger partial charge < -0.3 is 29.1 Å². The van der Waals surface area contributed by atoms with Crippen LogP contribution in [0.2, 0.25) is 0 Å². The zero-order valence-corrected chi connectivity index (χ0v) is 39.1. The lowest BCUT2D eigenvalue weighted by atomic mass is 9.97. The van der Waals surface area contributed by atoms with Crippen molar-refractivity contribution in [3.05, 3.63) is 118 Å². The minimum absolute atomic E-state index is 0.0921. The van der Waals surface area contributed by atoms with Crippen molar-refractivity contribution in [1.29, 1.82) is 0 Å². The van der Waals surface area contributed by atoms with Gasteiger partial charge in [-0.1, -0.05) is 24.3 Å². The van der Waals surface area contributed by atoms with Crippen LogP contribution in [-0.4, -0.2) is 107 Å². The lowest BCUT2D eigenvalue weighted by molar-refractivity contribution is -0.129. The Morgan fingerprint density at radius 3 is 1.24 bits per heavy atom. The Hall–Kier alpha value is -6.32. The number of amides is 4. The van der Waals surface area contributed by atoms with Crippen LogP contribution in [0.15, 0.2) is 73.1 Å². The molecular formula is C50H64F2N8O6. The number of carbonyl (C=O) groups is 4. The van der Waals surface area contributed by atoms with Crippen molar-refractivity contribution in [2.75, 3.05) is 62.2 Å². The third-order valence-electron chi connectivity index (χ3n) is 12.4. The summed E-state index contributed by atoms with van der Waals surface area (Å²) < 4.78 is 41.4. The number of ether oxygens (including phenoxy) is 2. The molecule has 6 rings (SSSR count). The van der Waals surface area contributed by atoms with Crippen LogP contribution >= 0.6 is 0 Å². The van der Waals surface area contributed by atoms with Gasteiger partial charge in [0.05, 0.1) is 23.8 Å². The van der Waals surface area contributed by atoms with Crippen LogP contribution in [0.3, 0.4) is 0 Å². The van der Waals surface area contributed by atoms with Crippen molar-refractivity contribution >= 4 is 35.4 Å². The molecule has 2 aliphatic heterocycles. The highest BCUT2D eigenvalue weighted by Gasteiger charge is 2.27. The molecule has 0 spiro atoms. The second-order valence-corrected chi connectivity index (χ2v) is 18.4. The minimum Gasteiger partial charge on any atom is -0.442 e. The molecular weight excluding hydrogens is 847 g/mol. The van der Waals surface area contributed by atoms with Crippen LogP contribution < -0.4 is 20.7 Å². The number of hydrogen-bond donors (Lipinski definition) is 2. The molecule has 0 saturated carbocycles. The van der Waals surface area contributed by atoms with Crippen molar-refractivity contribution in [3.63, 3.8) is 0 Å². The van der Waals surface area contributed by atoms with Crippen LogP contribution in [-0.2, 0) is 57.6 Å². The van der Waals surface area contributed by atoms with Gasteiger partial charge in [-0.2, -0.15) is 0 Å². The molecule has 0 unspecified atom stereocenters. The van der Waals surface area contributed by atoms with Gasteiger partial charge in [-0.3, -0.25) is 19.6 Å². The molecule has 2 aromatic heterocycles. The predicted molar refractivity (Wildman–Crippen MR) is 249 cm³/mol. The average Bonchev–Trinajstić information content (AvgIpc) is 3.29. The van der Waals surface area contributed by atoms with Crippen LogP contribution in [0.25, 0.3) is 0 Å². The van der Waals surface area contributed by atoms with E-state index in [2.05, 4.69) is 30.6 Å². The lowest BCUT2D eigenvalue weighted by Gasteiger charge is -2.35. The molecule has 2 fully saturated rings. The number of hydrogen-bond acceptors (Lipinski definition) is 10. The fraction of sp³-hybridized carbons (Fsp3) is 0.480. The maximum Gasteiger partial charge on any atom is 0.426 e. The molecule has 0 aliphatic carbocycles. The number of piperazine rings is 2. The van der Waals surface area contributed by atoms with E-state index in [1.807, 2.05) is 58.6 Å². The van der Waals surface area contributed by atoms with E-state index >= 15 is 8.78 Å². The summed E-state index contributed by atoms with van der Waals surface area (Å²) in [6, 6.07) is 18.3. The summed E-state index contributed by atoms with van der Waals surface area (Å²) in [7, 11) is 0. The largest absolute Gasteiger partial charge is 0.442 e. The number of nitrogens with one attached hydrogen (secondary N) is 2. The lowest BCUT2D eigenvalue weighted by Crippen LogP contribution is -2.48. The Labute approximate surface area is 387 Å². The number of benzene rings is 2. The number of rotatable bonds is 16. The van der Waals surface area contributed by atoms with E-state index < -0.39 is 23.4 Å². The summed E-state index contributed by atoms with van der Waals surface area (Å²) in [5.41, 5.74) is 9.03. The summed E-state index contributed by atoms with van der Waals surface area (Å²) in [6.45, 7) is 15.9. The molecule has 4 heterocycles. The van der Waals surface area contributed by atoms with E-state index in [-0.39, 0.29) is 23.4 Å². The number of halogens is 2. The van der Waals surface area contributed by atoms with Crippen molar-refractivity contribution in [2.45, 2.75) is 104 Å². The molecule has 354 valence electrons. The van der Waals surface area contributed by atoms with Gasteiger partial charge in [-0.05, 0) is 138 Å². The number of anilines is 2. The summed E-state index contributed by atoms with van der Waals surface area (Å²) >= 11 is 0. The van der Waals surface area contributed by atoms with E-state index in [4.69, 9.17) is 9.47 Å². The molecule has 4 amide bonds. The minimum atomic E-state index is -0.939. The normalized spacial score (nSPS) is 14.5. The standard InChI is InChI=1S/C50H64F2N8O6/c1-35(61)57-23-27-59(28-24-57)43-17-15-41(53-33-43)13-11-39-9-7-37(31-45(39)51)19-21-49(3,4)65-47(63)55-56-48(64)66-50(5,6)22-20-38-8-10-40(46(52)32-38)12-14-42-16-18-44(34-54-42)60-29-25-58(26-30-60)36(2)62/h7-10,15-18,31-34H,11-14,19-30H2,1-6H3,(H,55,63)(H,56,64). The van der Waals surface area contributed by atoms with Gasteiger partial charge in [0.1, 0.15) is 22.8 Å². The zero-order valence-electron chi connectivity index (χ0n) is 39.1. The van der Waals surface area contributed by atoms with Crippen molar-refractivity contribution in [2.24, 2.45) is 0 Å². The van der Waals surface area contributed by atoms with Gasteiger partial charge in [0, 0.05) is 77.6 Å². The van der Waals surface area contributed by atoms with Crippen molar-refractivity contribution in [1.82, 2.24) is 30.6 Å². The van der Waals surface area contributed by atoms with E-state index in [1.165, 1.54) is 12.1 Å². The first kappa shape index (κ1) is 49.1. The highest BCUT2D eigenvalue weighted by molar-refractivity contribution is 5.75. The number of nitrogens with zero attached hydrogens (tertiary/aromatic N) is 6. The SMILES string of the molecule is CC(=O)N1CCN(c2ccc(CCc3ccc(CCC(C)(C)OC(=O)NNC(=O)OC(C)(C)CCc4ccc(CCc5ccc(N6CCN(C(C)=O)CC6)cn5)c(F)c4)cc3F)nc2)CC1. The van der Waals surface area contributed by atoms with Crippen LogP contribution in [0.4, 0.5) is 29.7 Å². The Morgan fingerprint density at radius 2 is 0.924 bits per heavy atom. The quantitative estimate of drug-likeness (QED) is 0.111. The van der Waals surface area contributed by atoms with Gasteiger partial charge in [0.15, 0.2) is 0 Å². The molecule has 2 N–H and O–H groups in total.